The third-order valence-electron chi connectivity index (χ3n) is 5.34. The molecule has 0 unspecified atom stereocenters. The Balaban J connectivity index is 1.38. The smallest absolute Gasteiger partial charge is 0.419 e. The summed E-state index contributed by atoms with van der Waals surface area (Å²) in [7, 11) is 0. The van der Waals surface area contributed by atoms with Crippen LogP contribution in [0.1, 0.15) is 49.0 Å². The number of halogens is 3. The minimum absolute atomic E-state index is 0.0208. The fourth-order valence-electron chi connectivity index (χ4n) is 3.57. The number of alkyl halides is 3. The van der Waals surface area contributed by atoms with Gasteiger partial charge in [0.25, 0.3) is 5.56 Å². The molecule has 0 aromatic carbocycles. The molecule has 0 radical (unpaired) electrons. The first-order chi connectivity index (χ1) is 16.5. The predicted molar refractivity (Wildman–Crippen MR) is 116 cm³/mol. The van der Waals surface area contributed by atoms with Crippen molar-refractivity contribution in [1.29, 1.82) is 0 Å². The number of H-pyrrole nitrogens is 1. The van der Waals surface area contributed by atoms with Gasteiger partial charge in [0.15, 0.2) is 11.5 Å². The fraction of sp³-hybridized carbons (Fsp3) is 0.524. The van der Waals surface area contributed by atoms with Crippen LogP contribution in [0.4, 0.5) is 19.1 Å². The van der Waals surface area contributed by atoms with Crippen LogP contribution in [-0.2, 0) is 15.8 Å². The number of nitrogens with one attached hydrogen (secondary N) is 2. The number of rotatable bonds is 9. The van der Waals surface area contributed by atoms with E-state index in [1.54, 1.807) is 11.8 Å². The van der Waals surface area contributed by atoms with Crippen molar-refractivity contribution in [2.24, 2.45) is 5.92 Å². The average molecular weight is 498 g/mol. The molecular formula is C21H25F3N6O5. The Morgan fingerprint density at radius 1 is 1.23 bits per heavy atom. The zero-order valence-electron chi connectivity index (χ0n) is 19.1. The molecule has 1 atom stereocenters. The Kier molecular flexibility index (Phi) is 8.38. The van der Waals surface area contributed by atoms with E-state index < -0.39 is 29.2 Å². The molecule has 2 N–H and O–H groups in total. The first-order valence-corrected chi connectivity index (χ1v) is 10.8. The van der Waals surface area contributed by atoms with Crippen LogP contribution in [0.2, 0.25) is 0 Å². The van der Waals surface area contributed by atoms with Crippen LogP contribution in [0.15, 0.2) is 23.4 Å². The van der Waals surface area contributed by atoms with Gasteiger partial charge in [0.05, 0.1) is 11.8 Å². The summed E-state index contributed by atoms with van der Waals surface area (Å²) in [6.45, 7) is 3.85. The third kappa shape index (κ3) is 7.21. The van der Waals surface area contributed by atoms with Gasteiger partial charge in [0.2, 0.25) is 11.9 Å². The van der Waals surface area contributed by atoms with Crippen molar-refractivity contribution in [3.05, 3.63) is 40.1 Å². The van der Waals surface area contributed by atoms with Crippen LogP contribution < -0.4 is 20.7 Å². The van der Waals surface area contributed by atoms with Gasteiger partial charge in [-0.15, -0.1) is 0 Å². The summed E-state index contributed by atoms with van der Waals surface area (Å²) in [4.78, 5) is 50.2. The molecule has 3 heterocycles. The predicted octanol–water partition coefficient (Wildman–Crippen LogP) is 1.90. The molecule has 35 heavy (non-hydrogen) atoms. The Hall–Kier alpha value is -3.55. The number of nitrogens with zero attached hydrogens (tertiary/aromatic N) is 4. The molecule has 1 aliphatic rings. The molecule has 11 nitrogen and oxygen atoms in total. The monoisotopic (exact) mass is 498 g/mol. The molecule has 0 bridgehead atoms. The van der Waals surface area contributed by atoms with E-state index in [1.165, 1.54) is 13.1 Å². The highest BCUT2D eigenvalue weighted by Gasteiger charge is 2.32. The van der Waals surface area contributed by atoms with Crippen LogP contribution >= 0.6 is 0 Å². The fourth-order valence-corrected chi connectivity index (χ4v) is 3.57. The van der Waals surface area contributed by atoms with Crippen molar-refractivity contribution in [1.82, 2.24) is 25.6 Å². The van der Waals surface area contributed by atoms with E-state index in [1.807, 2.05) is 0 Å². The van der Waals surface area contributed by atoms with Gasteiger partial charge in [0, 0.05) is 31.9 Å². The number of carbonyl (C=O) groups excluding carboxylic acids is 2. The highest BCUT2D eigenvalue weighted by atomic mass is 19.4. The van der Waals surface area contributed by atoms with Gasteiger partial charge >= 0.3 is 6.18 Å². The van der Waals surface area contributed by atoms with Crippen LogP contribution in [0.5, 0.6) is 5.75 Å². The van der Waals surface area contributed by atoms with Crippen LogP contribution in [-0.4, -0.2) is 57.7 Å². The minimum Gasteiger partial charge on any atom is -0.486 e. The van der Waals surface area contributed by atoms with Crippen LogP contribution in [0.25, 0.3) is 0 Å². The minimum atomic E-state index is -4.49. The summed E-state index contributed by atoms with van der Waals surface area (Å²) in [5.41, 5.74) is 0.633. The number of hydrogen-bond donors (Lipinski definition) is 2. The topological polar surface area (TPSA) is 139 Å². The van der Waals surface area contributed by atoms with Crippen molar-refractivity contribution >= 4 is 17.6 Å². The van der Waals surface area contributed by atoms with Crippen molar-refractivity contribution in [2.75, 3.05) is 24.6 Å². The summed E-state index contributed by atoms with van der Waals surface area (Å²) >= 11 is 0. The van der Waals surface area contributed by atoms with Gasteiger partial charge in [-0.3, -0.25) is 19.2 Å². The van der Waals surface area contributed by atoms with Gasteiger partial charge in [-0.05, 0) is 32.6 Å². The van der Waals surface area contributed by atoms with E-state index >= 15 is 0 Å². The zero-order chi connectivity index (χ0) is 25.6. The summed E-state index contributed by atoms with van der Waals surface area (Å²) < 4.78 is 43.5. The lowest BCUT2D eigenvalue weighted by Gasteiger charge is -2.31. The van der Waals surface area contributed by atoms with E-state index in [0.717, 1.165) is 12.4 Å². The lowest BCUT2D eigenvalue weighted by Crippen LogP contribution is -2.37. The van der Waals surface area contributed by atoms with Gasteiger partial charge in [-0.1, -0.05) is 0 Å². The Bertz CT molecular complexity index is 1080. The number of aromatic nitrogens is 4. The first-order valence-electron chi connectivity index (χ1n) is 10.8. The van der Waals surface area contributed by atoms with E-state index in [2.05, 4.69) is 25.6 Å². The molecule has 2 aromatic heterocycles. The summed E-state index contributed by atoms with van der Waals surface area (Å²) in [5.74, 6) is -0.489. The number of amides is 1. The van der Waals surface area contributed by atoms with Crippen molar-refractivity contribution in [3.8, 4) is 5.75 Å². The van der Waals surface area contributed by atoms with E-state index in [-0.39, 0.29) is 42.1 Å². The zero-order valence-corrected chi connectivity index (χ0v) is 19.1. The number of ether oxygens (including phenoxy) is 1. The molecule has 1 aliphatic heterocycles. The lowest BCUT2D eigenvalue weighted by molar-refractivity contribution is -0.138. The number of piperidine rings is 1. The second kappa shape index (κ2) is 11.3. The highest BCUT2D eigenvalue weighted by molar-refractivity contribution is 5.96. The number of hydroxylamine groups is 1. The molecule has 0 aliphatic carbocycles. The molecule has 0 saturated carbocycles. The summed E-state index contributed by atoms with van der Waals surface area (Å²) in [6.07, 6.45) is -0.849. The highest BCUT2D eigenvalue weighted by Crippen LogP contribution is 2.29. The normalized spacial score (nSPS) is 15.5. The molecule has 1 fully saturated rings. The maximum Gasteiger partial charge on any atom is 0.419 e. The first kappa shape index (κ1) is 26.1. The standard InChI is InChI=1S/C21H25F3N6O5/c1-12(35-16-10-27-28-19(33)18(16)13(2)31)11-34-29-17(32)7-14-3-5-30(6-4-14)20-25-8-15(9-26-20)21(22,23)24/h8-10,12,14H,3-7,11H2,1-2H3,(H,28,33)(H,29,32)/t12-/m0/s1. The SMILES string of the molecule is CC(=O)c1c(O[C@@H](C)CONC(=O)CC2CCN(c3ncc(C(F)(F)F)cn3)CC2)cn[nH]c1=O. The summed E-state index contributed by atoms with van der Waals surface area (Å²) in [6, 6.07) is 0. The van der Waals surface area contributed by atoms with Crippen LogP contribution in [0.3, 0.4) is 0 Å². The number of ketones is 1. The number of anilines is 1. The Morgan fingerprint density at radius 3 is 2.49 bits per heavy atom. The summed E-state index contributed by atoms with van der Waals surface area (Å²) in [5, 5.41) is 5.78. The van der Waals surface area contributed by atoms with Gasteiger partial charge < -0.3 is 9.64 Å². The lowest BCUT2D eigenvalue weighted by atomic mass is 9.93. The van der Waals surface area contributed by atoms with Gasteiger partial charge in [0.1, 0.15) is 18.3 Å². The molecule has 2 aromatic rings. The Labute approximate surface area is 198 Å². The van der Waals surface area contributed by atoms with E-state index in [9.17, 15) is 27.6 Å². The molecule has 190 valence electrons. The van der Waals surface area contributed by atoms with Crippen molar-refractivity contribution < 1.29 is 32.3 Å². The average Bonchev–Trinajstić information content (AvgIpc) is 2.79. The molecule has 0 spiro atoms. The molecule has 1 saturated heterocycles. The quantitative estimate of drug-likeness (QED) is 0.392. The van der Waals surface area contributed by atoms with E-state index in [0.29, 0.717) is 25.9 Å². The number of Topliss-reactive ketones (excluding diaryl/α,β-unsaturated/α-hetero) is 1. The molecular weight excluding hydrogens is 473 g/mol. The van der Waals surface area contributed by atoms with Crippen molar-refractivity contribution in [3.63, 3.8) is 0 Å². The number of carbonyl (C=O) groups is 2. The molecule has 14 heteroatoms. The van der Waals surface area contributed by atoms with E-state index in [4.69, 9.17) is 9.57 Å². The molecule has 3 rings (SSSR count). The maximum atomic E-state index is 12.6. The number of aromatic amines is 1. The second-order valence-electron chi connectivity index (χ2n) is 8.16. The number of hydrogen-bond acceptors (Lipinski definition) is 9. The maximum absolute atomic E-state index is 12.6. The van der Waals surface area contributed by atoms with Gasteiger partial charge in [-0.25, -0.2) is 20.5 Å². The van der Waals surface area contributed by atoms with Crippen molar-refractivity contribution in [2.45, 2.75) is 45.4 Å². The third-order valence-corrected chi connectivity index (χ3v) is 5.34. The Morgan fingerprint density at radius 2 is 1.89 bits per heavy atom. The molecule has 1 amide bonds. The second-order valence-corrected chi connectivity index (χ2v) is 8.16. The van der Waals surface area contributed by atoms with Gasteiger partial charge in [-0.2, -0.15) is 18.3 Å². The van der Waals surface area contributed by atoms with Crippen LogP contribution in [0, 0.1) is 5.92 Å². The largest absolute Gasteiger partial charge is 0.486 e.